The summed E-state index contributed by atoms with van der Waals surface area (Å²) in [7, 11) is 0. The minimum absolute atomic E-state index is 0.279. The lowest BCUT2D eigenvalue weighted by Crippen LogP contribution is -2.38. The van der Waals surface area contributed by atoms with E-state index in [0.29, 0.717) is 5.92 Å². The third-order valence-electron chi connectivity index (χ3n) is 7.05. The second-order valence-corrected chi connectivity index (χ2v) is 10.3. The van der Waals surface area contributed by atoms with Gasteiger partial charge < -0.3 is 0 Å². The Hall–Kier alpha value is -2.86. The molecule has 0 N–H and O–H groups in total. The lowest BCUT2D eigenvalue weighted by molar-refractivity contribution is 0.492. The maximum absolute atomic E-state index is 2.46. The highest BCUT2D eigenvalue weighted by Crippen LogP contribution is 2.51. The Balaban J connectivity index is 2.18. The Labute approximate surface area is 201 Å². The van der Waals surface area contributed by atoms with Gasteiger partial charge in [-0.25, -0.2) is 0 Å². The number of hydrogen-bond acceptors (Lipinski definition) is 0. The van der Waals surface area contributed by atoms with E-state index >= 15 is 0 Å². The summed E-state index contributed by atoms with van der Waals surface area (Å²) >= 11 is 0. The predicted octanol–water partition coefficient (Wildman–Crippen LogP) is 8.78. The van der Waals surface area contributed by atoms with E-state index in [2.05, 4.69) is 121 Å². The predicted molar refractivity (Wildman–Crippen MR) is 143 cm³/mol. The lowest BCUT2D eigenvalue weighted by Gasteiger charge is -2.43. The van der Waals surface area contributed by atoms with Gasteiger partial charge in [-0.2, -0.15) is 0 Å². The number of benzene rings is 3. The van der Waals surface area contributed by atoms with E-state index in [1.165, 1.54) is 55.6 Å². The molecule has 170 valence electrons. The van der Waals surface area contributed by atoms with E-state index < -0.39 is 0 Å². The largest absolute Gasteiger partial charge is 0.0758 e. The Morgan fingerprint density at radius 3 is 1.27 bits per heavy atom. The highest BCUT2D eigenvalue weighted by molar-refractivity contribution is 5.59. The number of allylic oxidation sites excluding steroid dienone is 4. The molecule has 1 aliphatic carbocycles. The molecule has 0 bridgehead atoms. The van der Waals surface area contributed by atoms with Crippen molar-refractivity contribution in [3.63, 3.8) is 0 Å². The zero-order valence-electron chi connectivity index (χ0n) is 21.4. The molecule has 33 heavy (non-hydrogen) atoms. The molecule has 0 aliphatic heterocycles. The molecule has 0 fully saturated rings. The standard InChI is InChI=1S/C33H38/c1-8-10-28-11-9-12-32(28)33(29-16-22(2)13-23(3)17-29,30-18-24(4)14-25(5)19-30)31-20-26(6)15-27(7)21-31/h9,11-21,32H,8,10H2,1-7H3. The van der Waals surface area contributed by atoms with Gasteiger partial charge in [0.05, 0.1) is 5.41 Å². The average molecular weight is 435 g/mol. The lowest BCUT2D eigenvalue weighted by atomic mass is 9.59. The first-order chi connectivity index (χ1) is 15.7. The Kier molecular flexibility index (Phi) is 6.48. The van der Waals surface area contributed by atoms with E-state index in [0.717, 1.165) is 12.8 Å². The summed E-state index contributed by atoms with van der Waals surface area (Å²) in [5.41, 5.74) is 13.4. The summed E-state index contributed by atoms with van der Waals surface area (Å²) in [6.07, 6.45) is 9.40. The van der Waals surface area contributed by atoms with Crippen LogP contribution >= 0.6 is 0 Å². The van der Waals surface area contributed by atoms with Crippen molar-refractivity contribution in [2.45, 2.75) is 66.7 Å². The van der Waals surface area contributed by atoms with Crippen molar-refractivity contribution < 1.29 is 0 Å². The zero-order valence-corrected chi connectivity index (χ0v) is 21.4. The van der Waals surface area contributed by atoms with Crippen LogP contribution < -0.4 is 0 Å². The van der Waals surface area contributed by atoms with Gasteiger partial charge in [-0.05, 0) is 64.7 Å². The SMILES string of the molecule is CCCC1=CC=CC1C(c1cc(C)cc(C)c1)(c1cc(C)cc(C)c1)c1cc(C)cc(C)c1. The van der Waals surface area contributed by atoms with E-state index in [9.17, 15) is 0 Å². The first kappa shape index (κ1) is 23.3. The Morgan fingerprint density at radius 1 is 0.576 bits per heavy atom. The van der Waals surface area contributed by atoms with Crippen LogP contribution in [0.2, 0.25) is 0 Å². The molecule has 1 atom stereocenters. The fourth-order valence-electron chi connectivity index (χ4n) is 6.11. The van der Waals surface area contributed by atoms with Crippen LogP contribution in [-0.4, -0.2) is 0 Å². The van der Waals surface area contributed by atoms with Crippen LogP contribution in [0.3, 0.4) is 0 Å². The first-order valence-electron chi connectivity index (χ1n) is 12.4. The molecule has 0 saturated carbocycles. The second kappa shape index (κ2) is 9.18. The molecule has 0 amide bonds. The van der Waals surface area contributed by atoms with E-state index in [1.807, 2.05) is 0 Å². The van der Waals surface area contributed by atoms with Crippen molar-refractivity contribution in [1.82, 2.24) is 0 Å². The average Bonchev–Trinajstić information content (AvgIpc) is 3.15. The van der Waals surface area contributed by atoms with Crippen LogP contribution in [0.25, 0.3) is 0 Å². The van der Waals surface area contributed by atoms with Crippen LogP contribution in [0, 0.1) is 47.5 Å². The summed E-state index contributed by atoms with van der Waals surface area (Å²) in [5.74, 6) is 0.293. The van der Waals surface area contributed by atoms with E-state index in [-0.39, 0.29) is 5.41 Å². The maximum atomic E-state index is 2.46. The van der Waals surface area contributed by atoms with Crippen LogP contribution in [0.15, 0.2) is 78.4 Å². The number of hydrogen-bond donors (Lipinski definition) is 0. The van der Waals surface area contributed by atoms with Crippen LogP contribution in [0.1, 0.15) is 69.8 Å². The van der Waals surface area contributed by atoms with Gasteiger partial charge in [0.2, 0.25) is 0 Å². The smallest absolute Gasteiger partial charge is 0.0551 e. The van der Waals surface area contributed by atoms with E-state index in [1.54, 1.807) is 0 Å². The summed E-state index contributed by atoms with van der Waals surface area (Å²) in [5, 5.41) is 0. The number of rotatable bonds is 6. The zero-order chi connectivity index (χ0) is 23.8. The quantitative estimate of drug-likeness (QED) is 0.340. The van der Waals surface area contributed by atoms with Crippen molar-refractivity contribution in [2.24, 2.45) is 5.92 Å². The molecular formula is C33H38. The highest BCUT2D eigenvalue weighted by Gasteiger charge is 2.45. The van der Waals surface area contributed by atoms with Gasteiger partial charge in [-0.3, -0.25) is 0 Å². The summed E-state index contributed by atoms with van der Waals surface area (Å²) in [6.45, 7) is 15.7. The molecule has 3 aromatic carbocycles. The van der Waals surface area contributed by atoms with Gasteiger partial charge in [0.15, 0.2) is 0 Å². The Morgan fingerprint density at radius 2 is 0.939 bits per heavy atom. The normalized spacial score (nSPS) is 15.7. The second-order valence-electron chi connectivity index (χ2n) is 10.3. The molecule has 0 nitrogen and oxygen atoms in total. The van der Waals surface area contributed by atoms with Gasteiger partial charge in [0.25, 0.3) is 0 Å². The third kappa shape index (κ3) is 4.36. The Bertz CT molecular complexity index is 1050. The molecular weight excluding hydrogens is 396 g/mol. The highest BCUT2D eigenvalue weighted by atomic mass is 14.5. The summed E-state index contributed by atoms with van der Waals surface area (Å²) in [4.78, 5) is 0. The molecule has 0 heteroatoms. The van der Waals surface area contributed by atoms with Gasteiger partial charge in [0, 0.05) is 5.92 Å². The van der Waals surface area contributed by atoms with Crippen molar-refractivity contribution >= 4 is 0 Å². The summed E-state index contributed by atoms with van der Waals surface area (Å²) in [6, 6.07) is 21.5. The van der Waals surface area contributed by atoms with Gasteiger partial charge >= 0.3 is 0 Å². The van der Waals surface area contributed by atoms with Gasteiger partial charge in [-0.15, -0.1) is 0 Å². The molecule has 1 aliphatic rings. The minimum Gasteiger partial charge on any atom is -0.0758 e. The fraction of sp³-hybridized carbons (Fsp3) is 0.333. The van der Waals surface area contributed by atoms with Gasteiger partial charge in [-0.1, -0.05) is 125 Å². The third-order valence-corrected chi connectivity index (χ3v) is 7.05. The molecule has 3 aromatic rings. The van der Waals surface area contributed by atoms with Crippen LogP contribution in [-0.2, 0) is 5.41 Å². The van der Waals surface area contributed by atoms with Crippen LogP contribution in [0.5, 0.6) is 0 Å². The molecule has 1 unspecified atom stereocenters. The number of aryl methyl sites for hydroxylation is 6. The minimum atomic E-state index is -0.279. The van der Waals surface area contributed by atoms with Crippen molar-refractivity contribution in [3.05, 3.63) is 128 Å². The fourth-order valence-corrected chi connectivity index (χ4v) is 6.11. The molecule has 0 aromatic heterocycles. The molecule has 0 heterocycles. The van der Waals surface area contributed by atoms with Crippen molar-refractivity contribution in [1.29, 1.82) is 0 Å². The summed E-state index contributed by atoms with van der Waals surface area (Å²) < 4.78 is 0. The monoisotopic (exact) mass is 434 g/mol. The molecule has 0 radical (unpaired) electrons. The topological polar surface area (TPSA) is 0 Å². The van der Waals surface area contributed by atoms with Crippen molar-refractivity contribution in [2.75, 3.05) is 0 Å². The van der Waals surface area contributed by atoms with E-state index in [4.69, 9.17) is 0 Å². The molecule has 0 spiro atoms. The maximum Gasteiger partial charge on any atom is 0.0551 e. The molecule has 4 rings (SSSR count). The van der Waals surface area contributed by atoms with Crippen LogP contribution in [0.4, 0.5) is 0 Å². The van der Waals surface area contributed by atoms with Gasteiger partial charge in [0.1, 0.15) is 0 Å². The first-order valence-corrected chi connectivity index (χ1v) is 12.4. The van der Waals surface area contributed by atoms with Crippen molar-refractivity contribution in [3.8, 4) is 0 Å². The molecule has 0 saturated heterocycles.